The predicted octanol–water partition coefficient (Wildman–Crippen LogP) is 3.78. The molecule has 0 spiro atoms. The summed E-state index contributed by atoms with van der Waals surface area (Å²) in [5.41, 5.74) is 9.87. The van der Waals surface area contributed by atoms with Crippen LogP contribution in [0.2, 0.25) is 0 Å². The van der Waals surface area contributed by atoms with Crippen LogP contribution in [0.15, 0.2) is 30.3 Å². The average Bonchev–Trinajstić information content (AvgIpc) is 2.46. The van der Waals surface area contributed by atoms with E-state index in [0.29, 0.717) is 10.5 Å². The van der Waals surface area contributed by atoms with Gasteiger partial charge in [0.2, 0.25) is 0 Å². The third-order valence-electron chi connectivity index (χ3n) is 3.83. The summed E-state index contributed by atoms with van der Waals surface area (Å²) in [7, 11) is 0. The maximum atomic E-state index is 6.53. The lowest BCUT2D eigenvalue weighted by atomic mass is 10.0. The number of rotatable bonds is 2. The van der Waals surface area contributed by atoms with E-state index >= 15 is 0 Å². The summed E-state index contributed by atoms with van der Waals surface area (Å²) < 4.78 is 0. The first-order valence-corrected chi connectivity index (χ1v) is 9.11. The second-order valence-corrected chi connectivity index (χ2v) is 8.11. The summed E-state index contributed by atoms with van der Waals surface area (Å²) in [6.45, 7) is 4.32. The van der Waals surface area contributed by atoms with E-state index in [4.69, 9.17) is 5.73 Å². The zero-order chi connectivity index (χ0) is 14.1. The summed E-state index contributed by atoms with van der Waals surface area (Å²) >= 11 is 4.06. The molecule has 0 saturated carbocycles. The molecule has 106 valence electrons. The van der Waals surface area contributed by atoms with Crippen molar-refractivity contribution in [1.29, 1.82) is 0 Å². The van der Waals surface area contributed by atoms with Gasteiger partial charge in [-0.3, -0.25) is 4.98 Å². The van der Waals surface area contributed by atoms with E-state index in [0.717, 1.165) is 11.2 Å². The zero-order valence-corrected chi connectivity index (χ0v) is 13.5. The molecule has 4 heteroatoms. The Balaban J connectivity index is 1.91. The second kappa shape index (κ2) is 5.96. The Kier molecular flexibility index (Phi) is 4.24. The normalized spacial score (nSPS) is 24.8. The third kappa shape index (κ3) is 2.83. The Bertz CT molecular complexity index is 614. The van der Waals surface area contributed by atoms with Gasteiger partial charge in [-0.05, 0) is 30.7 Å². The number of fused-ring (bicyclic) bond motifs is 1. The first-order chi connectivity index (χ1) is 9.65. The Hall–Kier alpha value is -0.710. The van der Waals surface area contributed by atoms with Gasteiger partial charge in [0, 0.05) is 39.1 Å². The van der Waals surface area contributed by atoms with Gasteiger partial charge in [0.05, 0.1) is 5.52 Å². The Labute approximate surface area is 128 Å². The maximum Gasteiger partial charge on any atom is 0.0705 e. The molecule has 20 heavy (non-hydrogen) atoms. The molecule has 0 bridgehead atoms. The van der Waals surface area contributed by atoms with Gasteiger partial charge in [-0.25, -0.2) is 0 Å². The molecule has 1 aromatic heterocycles. The van der Waals surface area contributed by atoms with Crippen LogP contribution >= 0.6 is 23.5 Å². The second-order valence-electron chi connectivity index (χ2n) is 5.34. The fraction of sp³-hybridized carbons (Fsp3) is 0.438. The van der Waals surface area contributed by atoms with Crippen molar-refractivity contribution in [2.45, 2.75) is 30.4 Å². The number of benzene rings is 1. The molecular formula is C16H20N2S2. The fourth-order valence-corrected chi connectivity index (χ4v) is 5.57. The molecule has 1 saturated heterocycles. The van der Waals surface area contributed by atoms with Crippen LogP contribution in [0.25, 0.3) is 10.9 Å². The standard InChI is InChI=1S/C16H20N2S2/c1-10-3-4-12-9-13(5-6-14(12)18-10)15(17)16-11(2)19-7-8-20-16/h3-6,9,11,15-16H,7-8,17H2,1-2H3. The molecule has 2 aromatic rings. The minimum Gasteiger partial charge on any atom is -0.323 e. The fourth-order valence-electron chi connectivity index (χ4n) is 2.69. The molecule has 2 nitrogen and oxygen atoms in total. The van der Waals surface area contributed by atoms with Gasteiger partial charge in [0.15, 0.2) is 0 Å². The van der Waals surface area contributed by atoms with Crippen LogP contribution in [0, 0.1) is 6.92 Å². The number of hydrogen-bond acceptors (Lipinski definition) is 4. The van der Waals surface area contributed by atoms with E-state index in [1.807, 2.05) is 30.4 Å². The number of pyridine rings is 1. The van der Waals surface area contributed by atoms with Crippen molar-refractivity contribution in [2.24, 2.45) is 5.73 Å². The summed E-state index contributed by atoms with van der Waals surface area (Å²) in [5.74, 6) is 2.46. The van der Waals surface area contributed by atoms with Gasteiger partial charge in [-0.1, -0.05) is 19.1 Å². The number of nitrogens with zero attached hydrogens (tertiary/aromatic N) is 1. The van der Waals surface area contributed by atoms with Crippen molar-refractivity contribution >= 4 is 34.4 Å². The minimum atomic E-state index is 0.105. The van der Waals surface area contributed by atoms with Crippen molar-refractivity contribution in [3.63, 3.8) is 0 Å². The smallest absolute Gasteiger partial charge is 0.0705 e. The molecule has 1 fully saturated rings. The zero-order valence-electron chi connectivity index (χ0n) is 11.9. The molecule has 2 heterocycles. The van der Waals surface area contributed by atoms with Crippen molar-refractivity contribution in [3.05, 3.63) is 41.6 Å². The lowest BCUT2D eigenvalue weighted by Crippen LogP contribution is -2.34. The highest BCUT2D eigenvalue weighted by Gasteiger charge is 2.29. The molecular weight excluding hydrogens is 284 g/mol. The van der Waals surface area contributed by atoms with Gasteiger partial charge < -0.3 is 5.73 Å². The molecule has 3 rings (SSSR count). The number of thioether (sulfide) groups is 2. The highest BCUT2D eigenvalue weighted by Crippen LogP contribution is 2.37. The van der Waals surface area contributed by atoms with Gasteiger partial charge in [-0.2, -0.15) is 23.5 Å². The van der Waals surface area contributed by atoms with E-state index in [9.17, 15) is 0 Å². The van der Waals surface area contributed by atoms with Crippen LogP contribution < -0.4 is 5.73 Å². The summed E-state index contributed by atoms with van der Waals surface area (Å²) in [6, 6.07) is 10.8. The topological polar surface area (TPSA) is 38.9 Å². The molecule has 0 aliphatic carbocycles. The summed E-state index contributed by atoms with van der Waals surface area (Å²) in [6.07, 6.45) is 0. The van der Waals surface area contributed by atoms with E-state index in [2.05, 4.69) is 42.2 Å². The lowest BCUT2D eigenvalue weighted by molar-refractivity contribution is 0.664. The van der Waals surface area contributed by atoms with Crippen LogP contribution in [-0.2, 0) is 0 Å². The van der Waals surface area contributed by atoms with Crippen molar-refractivity contribution in [3.8, 4) is 0 Å². The third-order valence-corrected chi connectivity index (χ3v) is 7.04. The van der Waals surface area contributed by atoms with Crippen molar-refractivity contribution < 1.29 is 0 Å². The van der Waals surface area contributed by atoms with E-state index in [-0.39, 0.29) is 6.04 Å². The molecule has 3 unspecified atom stereocenters. The van der Waals surface area contributed by atoms with Gasteiger partial charge in [-0.15, -0.1) is 0 Å². The van der Waals surface area contributed by atoms with E-state index < -0.39 is 0 Å². The predicted molar refractivity (Wildman–Crippen MR) is 91.6 cm³/mol. The minimum absolute atomic E-state index is 0.105. The van der Waals surface area contributed by atoms with Gasteiger partial charge in [0.25, 0.3) is 0 Å². The monoisotopic (exact) mass is 304 g/mol. The average molecular weight is 304 g/mol. The first kappa shape index (κ1) is 14.2. The van der Waals surface area contributed by atoms with Crippen molar-refractivity contribution in [1.82, 2.24) is 4.98 Å². The SMILES string of the molecule is Cc1ccc2cc(C(N)C3SCCSC3C)ccc2n1. The molecule has 1 aliphatic heterocycles. The highest BCUT2D eigenvalue weighted by molar-refractivity contribution is 8.07. The molecule has 0 radical (unpaired) electrons. The quantitative estimate of drug-likeness (QED) is 0.916. The Morgan fingerprint density at radius 1 is 1.20 bits per heavy atom. The Morgan fingerprint density at radius 2 is 2.00 bits per heavy atom. The van der Waals surface area contributed by atoms with Gasteiger partial charge in [0.1, 0.15) is 0 Å². The van der Waals surface area contributed by atoms with Crippen LogP contribution in [0.3, 0.4) is 0 Å². The largest absolute Gasteiger partial charge is 0.323 e. The molecule has 0 amide bonds. The number of aryl methyl sites for hydroxylation is 1. The van der Waals surface area contributed by atoms with E-state index in [1.54, 1.807) is 0 Å². The number of nitrogens with two attached hydrogens (primary N) is 1. The van der Waals surface area contributed by atoms with Gasteiger partial charge >= 0.3 is 0 Å². The van der Waals surface area contributed by atoms with Crippen LogP contribution in [0.5, 0.6) is 0 Å². The molecule has 1 aliphatic rings. The summed E-state index contributed by atoms with van der Waals surface area (Å²) in [5, 5.41) is 2.31. The lowest BCUT2D eigenvalue weighted by Gasteiger charge is -2.32. The maximum absolute atomic E-state index is 6.53. The van der Waals surface area contributed by atoms with Crippen molar-refractivity contribution in [2.75, 3.05) is 11.5 Å². The van der Waals surface area contributed by atoms with E-state index in [1.165, 1.54) is 22.5 Å². The number of hydrogen-bond donors (Lipinski definition) is 1. The highest BCUT2D eigenvalue weighted by atomic mass is 32.2. The van der Waals surface area contributed by atoms with Crippen LogP contribution in [0.4, 0.5) is 0 Å². The Morgan fingerprint density at radius 3 is 2.80 bits per heavy atom. The van der Waals surface area contributed by atoms with Crippen LogP contribution in [0.1, 0.15) is 24.2 Å². The summed E-state index contributed by atoms with van der Waals surface area (Å²) in [4.78, 5) is 4.55. The molecule has 1 aromatic carbocycles. The van der Waals surface area contributed by atoms with Crippen LogP contribution in [-0.4, -0.2) is 27.0 Å². The molecule has 2 N–H and O–H groups in total. The molecule has 3 atom stereocenters. The first-order valence-electron chi connectivity index (χ1n) is 7.01. The number of aromatic nitrogens is 1.